The van der Waals surface area contributed by atoms with Crippen molar-refractivity contribution in [2.75, 3.05) is 26.7 Å². The van der Waals surface area contributed by atoms with Crippen molar-refractivity contribution in [3.05, 3.63) is 0 Å². The van der Waals surface area contributed by atoms with Crippen LogP contribution in [0.2, 0.25) is 0 Å². The number of hydrogen-bond donors (Lipinski definition) is 1. The lowest BCUT2D eigenvalue weighted by atomic mass is 10.1. The predicted molar refractivity (Wildman–Crippen MR) is 60.3 cm³/mol. The average molecular weight is 199 g/mol. The number of hydrogen-bond acceptors (Lipinski definition) is 2. The predicted octanol–water partition coefficient (Wildman–Crippen LogP) is 2.13. The van der Waals surface area contributed by atoms with Gasteiger partial charge in [0.2, 0.25) is 0 Å². The Hall–Kier alpha value is -0.0800. The van der Waals surface area contributed by atoms with Gasteiger partial charge in [0.1, 0.15) is 0 Å². The summed E-state index contributed by atoms with van der Waals surface area (Å²) in [6.07, 6.45) is 6.78. The molecule has 84 valence electrons. The Morgan fingerprint density at radius 2 is 2.00 bits per heavy atom. The highest BCUT2D eigenvalue weighted by molar-refractivity contribution is 4.71. The monoisotopic (exact) mass is 199 g/mol. The summed E-state index contributed by atoms with van der Waals surface area (Å²) in [6, 6.07) is 0. The van der Waals surface area contributed by atoms with E-state index in [1.165, 1.54) is 32.2 Å². The molecule has 1 unspecified atom stereocenters. The highest BCUT2D eigenvalue weighted by atomic mass is 16.3. The zero-order valence-corrected chi connectivity index (χ0v) is 9.71. The maximum absolute atomic E-state index is 9.11. The summed E-state index contributed by atoms with van der Waals surface area (Å²) in [5, 5.41) is 9.11. The fourth-order valence-electron chi connectivity index (χ4n) is 2.46. The van der Waals surface area contributed by atoms with Crippen molar-refractivity contribution in [2.45, 2.75) is 39.0 Å². The van der Waals surface area contributed by atoms with E-state index >= 15 is 0 Å². The Bertz CT molecular complexity index is 135. The van der Waals surface area contributed by atoms with Gasteiger partial charge >= 0.3 is 0 Å². The highest BCUT2D eigenvalue weighted by Gasteiger charge is 2.17. The molecule has 0 radical (unpaired) electrons. The molecule has 0 bridgehead atoms. The molecule has 2 nitrogen and oxygen atoms in total. The van der Waals surface area contributed by atoms with Crippen molar-refractivity contribution in [2.24, 2.45) is 11.8 Å². The molecule has 0 aliphatic heterocycles. The summed E-state index contributed by atoms with van der Waals surface area (Å²) in [4.78, 5) is 2.40. The molecule has 1 aliphatic rings. The summed E-state index contributed by atoms with van der Waals surface area (Å²) >= 11 is 0. The van der Waals surface area contributed by atoms with E-state index in [2.05, 4.69) is 18.9 Å². The molecule has 1 N–H and O–H groups in total. The van der Waals surface area contributed by atoms with E-state index in [0.717, 1.165) is 18.9 Å². The van der Waals surface area contributed by atoms with E-state index in [1.807, 2.05) is 0 Å². The molecule has 0 aromatic carbocycles. The zero-order chi connectivity index (χ0) is 10.4. The van der Waals surface area contributed by atoms with Gasteiger partial charge in [-0.1, -0.05) is 19.8 Å². The first-order valence-electron chi connectivity index (χ1n) is 6.05. The molecule has 0 aromatic heterocycles. The van der Waals surface area contributed by atoms with Gasteiger partial charge in [-0.3, -0.25) is 0 Å². The Balaban J connectivity index is 2.16. The minimum atomic E-state index is 0.339. The molecule has 0 spiro atoms. The van der Waals surface area contributed by atoms with Crippen LogP contribution in [0.25, 0.3) is 0 Å². The second kappa shape index (κ2) is 6.41. The maximum Gasteiger partial charge on any atom is 0.0471 e. The minimum Gasteiger partial charge on any atom is -0.396 e. The van der Waals surface area contributed by atoms with Gasteiger partial charge in [-0.15, -0.1) is 0 Å². The van der Waals surface area contributed by atoms with Crippen LogP contribution in [-0.4, -0.2) is 36.8 Å². The molecule has 0 heterocycles. The van der Waals surface area contributed by atoms with Crippen LogP contribution in [0.15, 0.2) is 0 Å². The fraction of sp³-hybridized carbons (Fsp3) is 1.00. The Morgan fingerprint density at radius 1 is 1.36 bits per heavy atom. The van der Waals surface area contributed by atoms with Crippen LogP contribution in [0.3, 0.4) is 0 Å². The third kappa shape index (κ3) is 3.97. The molecule has 1 rings (SSSR count). The third-order valence-corrected chi connectivity index (χ3v) is 3.45. The number of rotatable bonds is 6. The first-order chi connectivity index (χ1) is 6.76. The van der Waals surface area contributed by atoms with Gasteiger partial charge in [0, 0.05) is 19.7 Å². The van der Waals surface area contributed by atoms with E-state index in [-0.39, 0.29) is 0 Å². The van der Waals surface area contributed by atoms with Gasteiger partial charge in [-0.25, -0.2) is 0 Å². The van der Waals surface area contributed by atoms with Crippen molar-refractivity contribution in [1.82, 2.24) is 4.90 Å². The van der Waals surface area contributed by atoms with Crippen molar-refractivity contribution in [3.63, 3.8) is 0 Å². The third-order valence-electron chi connectivity index (χ3n) is 3.45. The Kier molecular flexibility index (Phi) is 5.49. The van der Waals surface area contributed by atoms with Gasteiger partial charge in [-0.05, 0) is 38.1 Å². The summed E-state index contributed by atoms with van der Waals surface area (Å²) in [7, 11) is 2.19. The second-order valence-corrected chi connectivity index (χ2v) is 4.83. The topological polar surface area (TPSA) is 23.5 Å². The molecule has 0 aromatic rings. The molecule has 2 heteroatoms. The highest BCUT2D eigenvalue weighted by Crippen LogP contribution is 2.25. The summed E-state index contributed by atoms with van der Waals surface area (Å²) in [5.74, 6) is 1.40. The van der Waals surface area contributed by atoms with Gasteiger partial charge < -0.3 is 10.0 Å². The molecular formula is C12H25NO. The Labute approximate surface area is 88.3 Å². The van der Waals surface area contributed by atoms with Crippen LogP contribution in [0, 0.1) is 11.8 Å². The number of nitrogens with zero attached hydrogens (tertiary/aromatic N) is 1. The molecule has 1 saturated carbocycles. The fourth-order valence-corrected chi connectivity index (χ4v) is 2.46. The second-order valence-electron chi connectivity index (χ2n) is 4.83. The molecular weight excluding hydrogens is 174 g/mol. The van der Waals surface area contributed by atoms with E-state index < -0.39 is 0 Å². The van der Waals surface area contributed by atoms with E-state index in [9.17, 15) is 0 Å². The molecule has 1 atom stereocenters. The average Bonchev–Trinajstić information content (AvgIpc) is 2.66. The van der Waals surface area contributed by atoms with Crippen LogP contribution in [0.4, 0.5) is 0 Å². The van der Waals surface area contributed by atoms with Crippen molar-refractivity contribution in [3.8, 4) is 0 Å². The van der Waals surface area contributed by atoms with Crippen LogP contribution in [-0.2, 0) is 0 Å². The molecule has 1 fully saturated rings. The smallest absolute Gasteiger partial charge is 0.0471 e. The van der Waals surface area contributed by atoms with Crippen molar-refractivity contribution >= 4 is 0 Å². The van der Waals surface area contributed by atoms with Crippen LogP contribution < -0.4 is 0 Å². The van der Waals surface area contributed by atoms with Crippen molar-refractivity contribution in [1.29, 1.82) is 0 Å². The van der Waals surface area contributed by atoms with Gasteiger partial charge in [0.25, 0.3) is 0 Å². The normalized spacial score (nSPS) is 20.6. The lowest BCUT2D eigenvalue weighted by Gasteiger charge is -2.24. The minimum absolute atomic E-state index is 0.339. The Morgan fingerprint density at radius 3 is 2.50 bits per heavy atom. The quantitative estimate of drug-likeness (QED) is 0.708. The van der Waals surface area contributed by atoms with Crippen LogP contribution >= 0.6 is 0 Å². The largest absolute Gasteiger partial charge is 0.396 e. The lowest BCUT2D eigenvalue weighted by Crippen LogP contribution is -2.31. The number of aliphatic hydroxyl groups excluding tert-OH is 1. The first kappa shape index (κ1) is 12.0. The standard InChI is InChI=1S/C12H25NO/c1-3-11(10-14)8-13(2)9-12-6-4-5-7-12/h11-12,14H,3-10H2,1-2H3. The molecule has 1 aliphatic carbocycles. The maximum atomic E-state index is 9.11. The van der Waals surface area contributed by atoms with E-state index in [4.69, 9.17) is 5.11 Å². The SMILES string of the molecule is CCC(CO)CN(C)CC1CCCC1. The first-order valence-corrected chi connectivity index (χ1v) is 6.05. The van der Waals surface area contributed by atoms with Gasteiger partial charge in [0.05, 0.1) is 0 Å². The molecule has 0 amide bonds. The zero-order valence-electron chi connectivity index (χ0n) is 9.71. The summed E-state index contributed by atoms with van der Waals surface area (Å²) in [5.41, 5.74) is 0. The van der Waals surface area contributed by atoms with E-state index in [0.29, 0.717) is 12.5 Å². The summed E-state index contributed by atoms with van der Waals surface area (Å²) < 4.78 is 0. The molecule has 14 heavy (non-hydrogen) atoms. The lowest BCUT2D eigenvalue weighted by molar-refractivity contribution is 0.165. The van der Waals surface area contributed by atoms with Crippen molar-refractivity contribution < 1.29 is 5.11 Å². The van der Waals surface area contributed by atoms with Crippen LogP contribution in [0.5, 0.6) is 0 Å². The summed E-state index contributed by atoms with van der Waals surface area (Å²) in [6.45, 7) is 4.79. The van der Waals surface area contributed by atoms with E-state index in [1.54, 1.807) is 0 Å². The van der Waals surface area contributed by atoms with Gasteiger partial charge in [0.15, 0.2) is 0 Å². The molecule has 0 saturated heterocycles. The van der Waals surface area contributed by atoms with Crippen LogP contribution in [0.1, 0.15) is 39.0 Å². The number of aliphatic hydroxyl groups is 1. The van der Waals surface area contributed by atoms with Gasteiger partial charge in [-0.2, -0.15) is 0 Å².